The lowest BCUT2D eigenvalue weighted by Crippen LogP contribution is -2.24. The van der Waals surface area contributed by atoms with E-state index in [1.165, 1.54) is 4.68 Å². The van der Waals surface area contributed by atoms with Crippen molar-refractivity contribution in [2.24, 2.45) is 7.05 Å². The van der Waals surface area contributed by atoms with Crippen LogP contribution in [0.3, 0.4) is 0 Å². The summed E-state index contributed by atoms with van der Waals surface area (Å²) in [5, 5.41) is 3.97. The monoisotopic (exact) mass is 302 g/mol. The first kappa shape index (κ1) is 14.4. The SMILES string of the molecule is Cn1ccc(CNS(=O)(=O)c2cc(N)c(F)cc2F)n1. The molecule has 0 aliphatic rings. The van der Waals surface area contributed by atoms with Crippen molar-refractivity contribution in [3.63, 3.8) is 0 Å². The molecular weight excluding hydrogens is 290 g/mol. The van der Waals surface area contributed by atoms with Gasteiger partial charge >= 0.3 is 0 Å². The highest BCUT2D eigenvalue weighted by atomic mass is 32.2. The lowest BCUT2D eigenvalue weighted by molar-refractivity contribution is 0.544. The largest absolute Gasteiger partial charge is 0.396 e. The molecular formula is C11H12F2N4O2S. The van der Waals surface area contributed by atoms with Crippen molar-refractivity contribution in [1.82, 2.24) is 14.5 Å². The van der Waals surface area contributed by atoms with Crippen LogP contribution in [0.15, 0.2) is 29.3 Å². The lowest BCUT2D eigenvalue weighted by atomic mass is 10.3. The molecule has 0 unspecified atom stereocenters. The van der Waals surface area contributed by atoms with E-state index in [9.17, 15) is 17.2 Å². The highest BCUT2D eigenvalue weighted by Gasteiger charge is 2.21. The average Bonchev–Trinajstić information content (AvgIpc) is 2.77. The zero-order valence-corrected chi connectivity index (χ0v) is 11.3. The quantitative estimate of drug-likeness (QED) is 0.816. The first-order valence-electron chi connectivity index (χ1n) is 5.52. The third-order valence-corrected chi connectivity index (χ3v) is 3.97. The van der Waals surface area contributed by atoms with E-state index in [2.05, 4.69) is 9.82 Å². The second-order valence-electron chi connectivity index (χ2n) is 4.11. The number of nitrogens with two attached hydrogens (primary N) is 1. The summed E-state index contributed by atoms with van der Waals surface area (Å²) in [6.07, 6.45) is 1.64. The highest BCUT2D eigenvalue weighted by molar-refractivity contribution is 7.89. The predicted molar refractivity (Wildman–Crippen MR) is 68.0 cm³/mol. The van der Waals surface area contributed by atoms with Gasteiger partial charge in [0.2, 0.25) is 10.0 Å². The van der Waals surface area contributed by atoms with E-state index in [-0.39, 0.29) is 6.54 Å². The van der Waals surface area contributed by atoms with E-state index in [1.54, 1.807) is 19.3 Å². The van der Waals surface area contributed by atoms with Crippen LogP contribution in [-0.4, -0.2) is 18.2 Å². The normalized spacial score (nSPS) is 11.8. The molecule has 1 aromatic carbocycles. The molecule has 3 N–H and O–H groups in total. The highest BCUT2D eigenvalue weighted by Crippen LogP contribution is 2.20. The lowest BCUT2D eigenvalue weighted by Gasteiger charge is -2.08. The van der Waals surface area contributed by atoms with Crippen LogP contribution in [0, 0.1) is 11.6 Å². The van der Waals surface area contributed by atoms with E-state index in [1.807, 2.05) is 0 Å². The Labute approximate surface area is 114 Å². The molecule has 0 radical (unpaired) electrons. The third-order valence-electron chi connectivity index (χ3n) is 2.55. The molecule has 0 saturated carbocycles. The van der Waals surface area contributed by atoms with E-state index >= 15 is 0 Å². The van der Waals surface area contributed by atoms with Gasteiger partial charge in [0.05, 0.1) is 17.9 Å². The maximum Gasteiger partial charge on any atom is 0.243 e. The zero-order valence-electron chi connectivity index (χ0n) is 10.5. The molecule has 0 bridgehead atoms. The molecule has 108 valence electrons. The molecule has 20 heavy (non-hydrogen) atoms. The summed E-state index contributed by atoms with van der Waals surface area (Å²) in [6, 6.07) is 2.79. The first-order valence-corrected chi connectivity index (χ1v) is 7.00. The molecule has 2 aromatic rings. The van der Waals surface area contributed by atoms with Gasteiger partial charge in [0.25, 0.3) is 0 Å². The number of nitrogens with zero attached hydrogens (tertiary/aromatic N) is 2. The number of aromatic nitrogens is 2. The molecule has 1 heterocycles. The second-order valence-corrected chi connectivity index (χ2v) is 5.84. The van der Waals surface area contributed by atoms with E-state index in [0.717, 1.165) is 6.07 Å². The molecule has 0 amide bonds. The number of benzene rings is 1. The van der Waals surface area contributed by atoms with Crippen LogP contribution in [0.25, 0.3) is 0 Å². The molecule has 0 aliphatic carbocycles. The van der Waals surface area contributed by atoms with Crippen LogP contribution in [0.2, 0.25) is 0 Å². The van der Waals surface area contributed by atoms with Gasteiger partial charge in [-0.1, -0.05) is 0 Å². The van der Waals surface area contributed by atoms with Gasteiger partial charge in [-0.15, -0.1) is 0 Å². The summed E-state index contributed by atoms with van der Waals surface area (Å²) >= 11 is 0. The number of nitrogens with one attached hydrogen (secondary N) is 1. The summed E-state index contributed by atoms with van der Waals surface area (Å²) in [6.45, 7) is -0.111. The first-order chi connectivity index (χ1) is 9.29. The van der Waals surface area contributed by atoms with Crippen LogP contribution in [0.4, 0.5) is 14.5 Å². The van der Waals surface area contributed by atoms with Gasteiger partial charge in [-0.2, -0.15) is 5.10 Å². The minimum absolute atomic E-state index is 0.111. The number of halogens is 2. The van der Waals surface area contributed by atoms with Crippen LogP contribution in [-0.2, 0) is 23.6 Å². The van der Waals surface area contributed by atoms with Crippen molar-refractivity contribution in [2.75, 3.05) is 5.73 Å². The number of nitrogen functional groups attached to an aromatic ring is 1. The van der Waals surface area contributed by atoms with E-state index in [0.29, 0.717) is 11.8 Å². The second kappa shape index (κ2) is 5.17. The molecule has 1 aromatic heterocycles. The van der Waals surface area contributed by atoms with Gasteiger partial charge in [-0.3, -0.25) is 4.68 Å². The number of hydrogen-bond acceptors (Lipinski definition) is 4. The summed E-state index contributed by atoms with van der Waals surface area (Å²) in [4.78, 5) is -0.702. The number of rotatable bonds is 4. The molecule has 0 fully saturated rings. The van der Waals surface area contributed by atoms with Gasteiger partial charge in [-0.25, -0.2) is 21.9 Å². The Kier molecular flexibility index (Phi) is 3.73. The minimum Gasteiger partial charge on any atom is -0.396 e. The predicted octanol–water partition coefficient (Wildman–Crippen LogP) is 0.759. The van der Waals surface area contributed by atoms with Gasteiger partial charge in [0.15, 0.2) is 0 Å². The summed E-state index contributed by atoms with van der Waals surface area (Å²) in [5.74, 6) is -2.21. The van der Waals surface area contributed by atoms with Gasteiger partial charge in [0, 0.05) is 19.3 Å². The van der Waals surface area contributed by atoms with E-state index < -0.39 is 32.2 Å². The smallest absolute Gasteiger partial charge is 0.243 e. The molecule has 9 heteroatoms. The van der Waals surface area contributed by atoms with Crippen molar-refractivity contribution < 1.29 is 17.2 Å². The standard InChI is InChI=1S/C11H12F2N4O2S/c1-17-3-2-7(16-17)6-15-20(18,19)11-5-10(14)8(12)4-9(11)13/h2-5,15H,6,14H2,1H3. The Balaban J connectivity index is 2.24. The molecule has 6 nitrogen and oxygen atoms in total. The number of sulfonamides is 1. The summed E-state index contributed by atoms with van der Waals surface area (Å²) < 4.78 is 54.1. The molecule has 0 aliphatic heterocycles. The molecule has 0 saturated heterocycles. The Morgan fingerprint density at radius 3 is 2.65 bits per heavy atom. The maximum absolute atomic E-state index is 13.5. The Morgan fingerprint density at radius 2 is 2.05 bits per heavy atom. The number of aryl methyl sites for hydroxylation is 1. The minimum atomic E-state index is -4.14. The Bertz CT molecular complexity index is 743. The van der Waals surface area contributed by atoms with Gasteiger partial charge in [-0.05, 0) is 12.1 Å². The third kappa shape index (κ3) is 2.94. The molecule has 0 atom stereocenters. The van der Waals surface area contributed by atoms with Crippen molar-refractivity contribution >= 4 is 15.7 Å². The van der Waals surface area contributed by atoms with Crippen molar-refractivity contribution in [3.8, 4) is 0 Å². The summed E-state index contributed by atoms with van der Waals surface area (Å²) in [5.41, 5.74) is 5.27. The van der Waals surface area contributed by atoms with Crippen molar-refractivity contribution in [3.05, 3.63) is 41.7 Å². The van der Waals surface area contributed by atoms with Crippen LogP contribution in [0.1, 0.15) is 5.69 Å². The zero-order chi connectivity index (χ0) is 14.9. The van der Waals surface area contributed by atoms with Crippen LogP contribution < -0.4 is 10.5 Å². The van der Waals surface area contributed by atoms with Gasteiger partial charge in [0.1, 0.15) is 16.5 Å². The molecule has 2 rings (SSSR count). The molecule has 0 spiro atoms. The van der Waals surface area contributed by atoms with Crippen LogP contribution >= 0.6 is 0 Å². The maximum atomic E-state index is 13.5. The number of anilines is 1. The Morgan fingerprint density at radius 1 is 1.35 bits per heavy atom. The number of hydrogen-bond donors (Lipinski definition) is 2. The van der Waals surface area contributed by atoms with Gasteiger partial charge < -0.3 is 5.73 Å². The topological polar surface area (TPSA) is 90.0 Å². The van der Waals surface area contributed by atoms with E-state index in [4.69, 9.17) is 5.73 Å². The fraction of sp³-hybridized carbons (Fsp3) is 0.182. The fourth-order valence-corrected chi connectivity index (χ4v) is 2.65. The fourth-order valence-electron chi connectivity index (χ4n) is 1.55. The van der Waals surface area contributed by atoms with Crippen molar-refractivity contribution in [1.29, 1.82) is 0 Å². The van der Waals surface area contributed by atoms with Crippen LogP contribution in [0.5, 0.6) is 0 Å². The summed E-state index contributed by atoms with van der Waals surface area (Å²) in [7, 11) is -2.46. The average molecular weight is 302 g/mol. The Hall–Kier alpha value is -2.00. The van der Waals surface area contributed by atoms with Crippen molar-refractivity contribution in [2.45, 2.75) is 11.4 Å².